The first kappa shape index (κ1) is 30.8. The SMILES string of the molecule is CC(C)(C)NC(=O)c1cccc(Oc2ccc(Nc3ncnc4c3C=C(/C=N/OCCS(C)(=O)=O)CCN4)cc2Cl)c1. The Morgan fingerprint density at radius 2 is 2.00 bits per heavy atom. The molecule has 11 nitrogen and oxygen atoms in total. The summed E-state index contributed by atoms with van der Waals surface area (Å²) in [7, 11) is -3.12. The maximum absolute atomic E-state index is 12.6. The fourth-order valence-electron chi connectivity index (χ4n) is 3.84. The van der Waals surface area contributed by atoms with Gasteiger partial charge in [-0.25, -0.2) is 18.4 Å². The second kappa shape index (κ2) is 13.2. The summed E-state index contributed by atoms with van der Waals surface area (Å²) in [5.41, 5.74) is 2.35. The number of carbonyl (C=O) groups is 1. The average molecular weight is 613 g/mol. The highest BCUT2D eigenvalue weighted by Gasteiger charge is 2.17. The summed E-state index contributed by atoms with van der Waals surface area (Å²) in [5, 5.41) is 13.8. The molecule has 0 atom stereocenters. The number of sulfone groups is 1. The monoisotopic (exact) mass is 612 g/mol. The van der Waals surface area contributed by atoms with E-state index in [4.69, 9.17) is 21.2 Å². The van der Waals surface area contributed by atoms with Crippen LogP contribution < -0.4 is 20.7 Å². The van der Waals surface area contributed by atoms with Crippen LogP contribution in [0.4, 0.5) is 17.3 Å². The van der Waals surface area contributed by atoms with Crippen LogP contribution in [0.5, 0.6) is 11.5 Å². The second-order valence-electron chi connectivity index (χ2n) is 10.7. The number of ether oxygens (including phenoxy) is 1. The third kappa shape index (κ3) is 9.18. The van der Waals surface area contributed by atoms with E-state index in [2.05, 4.69) is 31.1 Å². The highest BCUT2D eigenvalue weighted by Crippen LogP contribution is 2.34. The van der Waals surface area contributed by atoms with Crippen LogP contribution in [0.25, 0.3) is 6.08 Å². The Bertz CT molecular complexity index is 1620. The molecule has 4 rings (SSSR count). The van der Waals surface area contributed by atoms with Crippen molar-refractivity contribution in [2.24, 2.45) is 5.16 Å². The van der Waals surface area contributed by atoms with Crippen molar-refractivity contribution in [3.05, 3.63) is 70.5 Å². The van der Waals surface area contributed by atoms with Crippen LogP contribution in [-0.2, 0) is 14.7 Å². The largest absolute Gasteiger partial charge is 0.456 e. The van der Waals surface area contributed by atoms with Crippen LogP contribution in [0.15, 0.2) is 59.5 Å². The van der Waals surface area contributed by atoms with Crippen molar-refractivity contribution in [1.82, 2.24) is 15.3 Å². The van der Waals surface area contributed by atoms with Gasteiger partial charge in [0.15, 0.2) is 9.84 Å². The number of benzene rings is 2. The number of hydrogen-bond donors (Lipinski definition) is 3. The predicted molar refractivity (Wildman–Crippen MR) is 166 cm³/mol. The molecule has 0 bridgehead atoms. The van der Waals surface area contributed by atoms with Gasteiger partial charge in [-0.1, -0.05) is 22.8 Å². The topological polar surface area (TPSA) is 144 Å². The van der Waals surface area contributed by atoms with Crippen LogP contribution in [0, 0.1) is 0 Å². The van der Waals surface area contributed by atoms with Crippen LogP contribution >= 0.6 is 11.6 Å². The Morgan fingerprint density at radius 1 is 1.19 bits per heavy atom. The van der Waals surface area contributed by atoms with Crippen molar-refractivity contribution < 1.29 is 22.8 Å². The van der Waals surface area contributed by atoms with Crippen molar-refractivity contribution >= 4 is 57.0 Å². The number of anilines is 3. The molecule has 0 spiro atoms. The zero-order valence-electron chi connectivity index (χ0n) is 23.8. The van der Waals surface area contributed by atoms with E-state index in [1.165, 1.54) is 6.33 Å². The number of hydrogen-bond acceptors (Lipinski definition) is 10. The smallest absolute Gasteiger partial charge is 0.251 e. The Labute approximate surface area is 250 Å². The van der Waals surface area contributed by atoms with E-state index in [9.17, 15) is 13.2 Å². The Morgan fingerprint density at radius 3 is 2.74 bits per heavy atom. The summed E-state index contributed by atoms with van der Waals surface area (Å²) < 4.78 is 28.5. The lowest BCUT2D eigenvalue weighted by molar-refractivity contribution is 0.0919. The normalized spacial score (nSPS) is 13.4. The minimum Gasteiger partial charge on any atom is -0.456 e. The molecule has 1 amide bonds. The van der Waals surface area contributed by atoms with Gasteiger partial charge in [-0.2, -0.15) is 0 Å². The number of fused-ring (bicyclic) bond motifs is 1. The first-order valence-corrected chi connectivity index (χ1v) is 15.6. The van der Waals surface area contributed by atoms with Gasteiger partial charge in [0.25, 0.3) is 5.91 Å². The van der Waals surface area contributed by atoms with E-state index < -0.39 is 9.84 Å². The highest BCUT2D eigenvalue weighted by molar-refractivity contribution is 7.90. The zero-order chi connectivity index (χ0) is 30.3. The molecule has 3 N–H and O–H groups in total. The van der Waals surface area contributed by atoms with E-state index in [-0.39, 0.29) is 23.8 Å². The van der Waals surface area contributed by atoms with E-state index in [0.29, 0.717) is 52.4 Å². The van der Waals surface area contributed by atoms with Crippen LogP contribution in [0.2, 0.25) is 5.02 Å². The molecule has 42 heavy (non-hydrogen) atoms. The van der Waals surface area contributed by atoms with Gasteiger partial charge in [0.1, 0.15) is 36.1 Å². The quantitative estimate of drug-likeness (QED) is 0.155. The standard InChI is InChI=1S/C29H33ClN6O5S/c1-29(2,3)36-28(37)20-6-5-7-22(15-20)41-25-9-8-21(16-24(25)30)35-27-23-14-19(10-11-31-26(23)32-18-33-27)17-34-40-12-13-42(4,38)39/h5-9,14-18H,10-13H2,1-4H3,(H,36,37)(H2,31,32,33,35)/b34-17+. The maximum atomic E-state index is 12.6. The number of amides is 1. The molecule has 222 valence electrons. The second-order valence-corrected chi connectivity index (χ2v) is 13.3. The van der Waals surface area contributed by atoms with Gasteiger partial charge in [0.2, 0.25) is 0 Å². The van der Waals surface area contributed by atoms with Gasteiger partial charge < -0.3 is 25.5 Å². The lowest BCUT2D eigenvalue weighted by atomic mass is 10.1. The molecule has 0 unspecified atom stereocenters. The molecule has 0 fully saturated rings. The zero-order valence-corrected chi connectivity index (χ0v) is 25.3. The highest BCUT2D eigenvalue weighted by atomic mass is 35.5. The molecule has 0 saturated heterocycles. The van der Waals surface area contributed by atoms with Gasteiger partial charge >= 0.3 is 0 Å². The van der Waals surface area contributed by atoms with Crippen molar-refractivity contribution in [1.29, 1.82) is 0 Å². The number of halogens is 1. The number of oxime groups is 1. The van der Waals surface area contributed by atoms with Crippen molar-refractivity contribution in [3.63, 3.8) is 0 Å². The fraction of sp³-hybridized carbons (Fsp3) is 0.310. The first-order valence-electron chi connectivity index (χ1n) is 13.2. The molecule has 0 saturated carbocycles. The predicted octanol–water partition coefficient (Wildman–Crippen LogP) is 5.44. The summed E-state index contributed by atoms with van der Waals surface area (Å²) in [6, 6.07) is 12.1. The molecule has 1 aliphatic heterocycles. The van der Waals surface area contributed by atoms with Gasteiger partial charge in [0.05, 0.1) is 22.6 Å². The minimum absolute atomic E-state index is 0.0220. The third-order valence-electron chi connectivity index (χ3n) is 5.77. The molecular weight excluding hydrogens is 580 g/mol. The summed E-state index contributed by atoms with van der Waals surface area (Å²) >= 11 is 6.57. The van der Waals surface area contributed by atoms with E-state index in [0.717, 1.165) is 17.4 Å². The molecular formula is C29H33ClN6O5S. The number of nitrogens with zero attached hydrogens (tertiary/aromatic N) is 3. The number of rotatable bonds is 10. The molecule has 1 aliphatic rings. The molecule has 2 heterocycles. The lowest BCUT2D eigenvalue weighted by Gasteiger charge is -2.20. The summed E-state index contributed by atoms with van der Waals surface area (Å²) in [6.07, 6.45) is 6.69. The molecule has 0 aliphatic carbocycles. The number of aromatic nitrogens is 2. The summed E-state index contributed by atoms with van der Waals surface area (Å²) in [6.45, 7) is 6.35. The van der Waals surface area contributed by atoms with Crippen molar-refractivity contribution in [2.45, 2.75) is 32.7 Å². The van der Waals surface area contributed by atoms with Crippen molar-refractivity contribution in [3.8, 4) is 11.5 Å². The lowest BCUT2D eigenvalue weighted by Crippen LogP contribution is -2.40. The molecule has 2 aromatic carbocycles. The Hall–Kier alpha value is -4.16. The Balaban J connectivity index is 1.48. The van der Waals surface area contributed by atoms with Crippen LogP contribution in [0.3, 0.4) is 0 Å². The van der Waals surface area contributed by atoms with Gasteiger partial charge in [0, 0.05) is 29.6 Å². The van der Waals surface area contributed by atoms with E-state index in [1.807, 2.05) is 26.8 Å². The van der Waals surface area contributed by atoms with Gasteiger partial charge in [-0.05, 0) is 75.2 Å². The molecule has 3 aromatic rings. The average Bonchev–Trinajstić information content (AvgIpc) is 3.11. The van der Waals surface area contributed by atoms with Crippen molar-refractivity contribution in [2.75, 3.05) is 35.8 Å². The number of carbonyl (C=O) groups excluding carboxylic acids is 1. The van der Waals surface area contributed by atoms with E-state index in [1.54, 1.807) is 48.7 Å². The van der Waals surface area contributed by atoms with Gasteiger partial charge in [-0.3, -0.25) is 4.79 Å². The molecule has 0 radical (unpaired) electrons. The van der Waals surface area contributed by atoms with Crippen LogP contribution in [0.1, 0.15) is 43.1 Å². The molecule has 13 heteroatoms. The molecule has 1 aromatic heterocycles. The first-order chi connectivity index (χ1) is 19.9. The maximum Gasteiger partial charge on any atom is 0.251 e. The third-order valence-corrected chi connectivity index (χ3v) is 6.97. The Kier molecular flexibility index (Phi) is 9.69. The van der Waals surface area contributed by atoms with E-state index >= 15 is 0 Å². The summed E-state index contributed by atoms with van der Waals surface area (Å²) in [5.74, 6) is 1.79. The minimum atomic E-state index is -3.12. The fourth-order valence-corrected chi connectivity index (χ4v) is 4.44. The van der Waals surface area contributed by atoms with Crippen LogP contribution in [-0.4, -0.2) is 61.2 Å². The number of nitrogens with one attached hydrogen (secondary N) is 3. The summed E-state index contributed by atoms with van der Waals surface area (Å²) in [4.78, 5) is 26.4. The van der Waals surface area contributed by atoms with Gasteiger partial charge in [-0.15, -0.1) is 0 Å².